The summed E-state index contributed by atoms with van der Waals surface area (Å²) in [6.45, 7) is 8.52. The summed E-state index contributed by atoms with van der Waals surface area (Å²) >= 11 is 0. The van der Waals surface area contributed by atoms with Gasteiger partial charge in [0.15, 0.2) is 0 Å². The highest BCUT2D eigenvalue weighted by Crippen LogP contribution is 2.19. The summed E-state index contributed by atoms with van der Waals surface area (Å²) in [6.07, 6.45) is 0.914. The molecule has 1 atom stereocenters. The van der Waals surface area contributed by atoms with Gasteiger partial charge in [0.05, 0.1) is 0 Å². The Morgan fingerprint density at radius 3 is 2.32 bits per heavy atom. The lowest BCUT2D eigenvalue weighted by molar-refractivity contribution is -0.142. The molecule has 0 aromatic carbocycles. The SMILES string of the molecule is CN1CCCN(C(=O)N[C@H](C(=O)O)C(C)(C)C)CC1. The third-order valence-electron chi connectivity index (χ3n) is 3.39. The van der Waals surface area contributed by atoms with E-state index in [0.717, 1.165) is 19.5 Å². The molecule has 6 heteroatoms. The molecule has 1 aliphatic rings. The van der Waals surface area contributed by atoms with Crippen LogP contribution in [0.1, 0.15) is 27.2 Å². The van der Waals surface area contributed by atoms with Gasteiger partial charge in [0, 0.05) is 19.6 Å². The number of nitrogens with one attached hydrogen (secondary N) is 1. The molecule has 0 aromatic rings. The molecule has 110 valence electrons. The normalized spacial score (nSPS) is 19.7. The molecule has 0 unspecified atom stereocenters. The fourth-order valence-electron chi connectivity index (χ4n) is 2.11. The molecule has 19 heavy (non-hydrogen) atoms. The van der Waals surface area contributed by atoms with Crippen molar-refractivity contribution >= 4 is 12.0 Å². The first kappa shape index (κ1) is 15.8. The van der Waals surface area contributed by atoms with Crippen LogP contribution in [0.3, 0.4) is 0 Å². The van der Waals surface area contributed by atoms with E-state index in [1.807, 2.05) is 27.8 Å². The van der Waals surface area contributed by atoms with E-state index in [2.05, 4.69) is 10.2 Å². The van der Waals surface area contributed by atoms with Crippen molar-refractivity contribution in [3.8, 4) is 0 Å². The number of carbonyl (C=O) groups is 2. The minimum Gasteiger partial charge on any atom is -0.480 e. The zero-order chi connectivity index (χ0) is 14.6. The van der Waals surface area contributed by atoms with Crippen molar-refractivity contribution in [2.75, 3.05) is 33.2 Å². The van der Waals surface area contributed by atoms with Gasteiger partial charge in [0.25, 0.3) is 0 Å². The molecule has 1 rings (SSSR count). The molecule has 2 amide bonds. The molecule has 1 heterocycles. The number of amides is 2. The van der Waals surface area contributed by atoms with Crippen LogP contribution in [0.5, 0.6) is 0 Å². The van der Waals surface area contributed by atoms with Crippen molar-refractivity contribution in [3.63, 3.8) is 0 Å². The van der Waals surface area contributed by atoms with E-state index in [1.54, 1.807) is 4.90 Å². The molecule has 1 aliphatic heterocycles. The van der Waals surface area contributed by atoms with Crippen LogP contribution in [-0.2, 0) is 4.79 Å². The average molecular weight is 271 g/mol. The van der Waals surface area contributed by atoms with Gasteiger partial charge in [-0.05, 0) is 25.4 Å². The van der Waals surface area contributed by atoms with E-state index < -0.39 is 17.4 Å². The van der Waals surface area contributed by atoms with Crippen LogP contribution in [0.25, 0.3) is 0 Å². The van der Waals surface area contributed by atoms with Crippen LogP contribution in [0, 0.1) is 5.41 Å². The highest BCUT2D eigenvalue weighted by Gasteiger charge is 2.33. The molecule has 0 spiro atoms. The summed E-state index contributed by atoms with van der Waals surface area (Å²) in [5, 5.41) is 11.8. The molecule has 0 saturated carbocycles. The minimum atomic E-state index is -0.993. The highest BCUT2D eigenvalue weighted by molar-refractivity contribution is 5.83. The van der Waals surface area contributed by atoms with Crippen LogP contribution in [0.15, 0.2) is 0 Å². The lowest BCUT2D eigenvalue weighted by Crippen LogP contribution is -2.53. The van der Waals surface area contributed by atoms with E-state index in [4.69, 9.17) is 0 Å². The van der Waals surface area contributed by atoms with Crippen molar-refractivity contribution in [2.24, 2.45) is 5.41 Å². The number of rotatable bonds is 2. The first-order chi connectivity index (χ1) is 8.71. The maximum Gasteiger partial charge on any atom is 0.326 e. The van der Waals surface area contributed by atoms with Gasteiger partial charge >= 0.3 is 12.0 Å². The summed E-state index contributed by atoms with van der Waals surface area (Å²) in [4.78, 5) is 27.3. The fourth-order valence-corrected chi connectivity index (χ4v) is 2.11. The molecule has 0 radical (unpaired) electrons. The molecular weight excluding hydrogens is 246 g/mol. The van der Waals surface area contributed by atoms with Crippen LogP contribution >= 0.6 is 0 Å². The molecule has 0 aromatic heterocycles. The maximum atomic E-state index is 12.2. The van der Waals surface area contributed by atoms with Gasteiger partial charge in [-0.1, -0.05) is 20.8 Å². The topological polar surface area (TPSA) is 72.9 Å². The summed E-state index contributed by atoms with van der Waals surface area (Å²) in [7, 11) is 2.02. The zero-order valence-electron chi connectivity index (χ0n) is 12.3. The third-order valence-corrected chi connectivity index (χ3v) is 3.39. The lowest BCUT2D eigenvalue weighted by atomic mass is 9.87. The summed E-state index contributed by atoms with van der Waals surface area (Å²) in [5.74, 6) is -0.993. The lowest BCUT2D eigenvalue weighted by Gasteiger charge is -2.30. The molecule has 1 saturated heterocycles. The molecule has 6 nitrogen and oxygen atoms in total. The minimum absolute atomic E-state index is 0.280. The van der Waals surface area contributed by atoms with Crippen molar-refractivity contribution in [1.82, 2.24) is 15.1 Å². The molecular formula is C13H25N3O3. The van der Waals surface area contributed by atoms with Crippen molar-refractivity contribution in [1.29, 1.82) is 0 Å². The Morgan fingerprint density at radius 2 is 1.79 bits per heavy atom. The molecule has 0 bridgehead atoms. The standard InChI is InChI=1S/C13H25N3O3/c1-13(2,3)10(11(17)18)14-12(19)16-7-5-6-15(4)8-9-16/h10H,5-9H2,1-4H3,(H,14,19)(H,17,18)/t10-/m1/s1. The number of urea groups is 1. The Morgan fingerprint density at radius 1 is 1.16 bits per heavy atom. The predicted molar refractivity (Wildman–Crippen MR) is 73.1 cm³/mol. The number of hydrogen-bond donors (Lipinski definition) is 2. The van der Waals surface area contributed by atoms with Gasteiger partial charge in [-0.2, -0.15) is 0 Å². The van der Waals surface area contributed by atoms with Crippen LogP contribution in [0.2, 0.25) is 0 Å². The van der Waals surface area contributed by atoms with E-state index in [9.17, 15) is 14.7 Å². The first-order valence-electron chi connectivity index (χ1n) is 6.68. The Kier molecular flexibility index (Phi) is 5.17. The van der Waals surface area contributed by atoms with Gasteiger partial charge in [-0.15, -0.1) is 0 Å². The maximum absolute atomic E-state index is 12.2. The molecule has 0 aliphatic carbocycles. The second-order valence-corrected chi connectivity index (χ2v) is 6.23. The number of carboxylic acids is 1. The summed E-state index contributed by atoms with van der Waals surface area (Å²) in [5.41, 5.74) is -0.510. The average Bonchev–Trinajstić information content (AvgIpc) is 2.48. The van der Waals surface area contributed by atoms with E-state index in [1.165, 1.54) is 0 Å². The zero-order valence-corrected chi connectivity index (χ0v) is 12.3. The van der Waals surface area contributed by atoms with E-state index >= 15 is 0 Å². The number of hydrogen-bond acceptors (Lipinski definition) is 3. The van der Waals surface area contributed by atoms with Gasteiger partial charge in [-0.25, -0.2) is 9.59 Å². The number of nitrogens with zero attached hydrogens (tertiary/aromatic N) is 2. The number of carboxylic acid groups (broad SMARTS) is 1. The van der Waals surface area contributed by atoms with Gasteiger partial charge in [0.2, 0.25) is 0 Å². The third kappa shape index (κ3) is 4.70. The summed E-state index contributed by atoms with van der Waals surface area (Å²) < 4.78 is 0. The Hall–Kier alpha value is -1.30. The number of aliphatic carboxylic acids is 1. The van der Waals surface area contributed by atoms with E-state index in [-0.39, 0.29) is 6.03 Å². The van der Waals surface area contributed by atoms with Crippen LogP contribution < -0.4 is 5.32 Å². The number of carbonyl (C=O) groups excluding carboxylic acids is 1. The second-order valence-electron chi connectivity index (χ2n) is 6.23. The van der Waals surface area contributed by atoms with Crippen LogP contribution in [-0.4, -0.2) is 66.2 Å². The number of likely N-dealkylation sites (N-methyl/N-ethyl adjacent to an activating group) is 1. The Balaban J connectivity index is 2.64. The largest absolute Gasteiger partial charge is 0.480 e. The quantitative estimate of drug-likeness (QED) is 0.780. The Labute approximate surface area is 114 Å². The van der Waals surface area contributed by atoms with Crippen LogP contribution in [0.4, 0.5) is 4.79 Å². The van der Waals surface area contributed by atoms with Gasteiger partial charge < -0.3 is 20.2 Å². The monoisotopic (exact) mass is 271 g/mol. The first-order valence-corrected chi connectivity index (χ1v) is 6.68. The second kappa shape index (κ2) is 6.23. The van der Waals surface area contributed by atoms with E-state index in [0.29, 0.717) is 13.1 Å². The summed E-state index contributed by atoms with van der Waals surface area (Å²) in [6, 6.07) is -1.15. The fraction of sp³-hybridized carbons (Fsp3) is 0.846. The van der Waals surface area contributed by atoms with Crippen molar-refractivity contribution < 1.29 is 14.7 Å². The highest BCUT2D eigenvalue weighted by atomic mass is 16.4. The van der Waals surface area contributed by atoms with Gasteiger partial charge in [-0.3, -0.25) is 0 Å². The smallest absolute Gasteiger partial charge is 0.326 e. The molecule has 2 N–H and O–H groups in total. The van der Waals surface area contributed by atoms with Gasteiger partial charge in [0.1, 0.15) is 6.04 Å². The van der Waals surface area contributed by atoms with Crippen molar-refractivity contribution in [2.45, 2.75) is 33.2 Å². The predicted octanol–water partition coefficient (Wildman–Crippen LogP) is 0.833. The molecule has 1 fully saturated rings. The van der Waals surface area contributed by atoms with Crippen molar-refractivity contribution in [3.05, 3.63) is 0 Å². The Bertz CT molecular complexity index is 339.